The van der Waals surface area contributed by atoms with Crippen LogP contribution in [0.3, 0.4) is 0 Å². The van der Waals surface area contributed by atoms with E-state index in [2.05, 4.69) is 23.7 Å². The first-order valence-corrected chi connectivity index (χ1v) is 6.07. The summed E-state index contributed by atoms with van der Waals surface area (Å²) in [6, 6.07) is 6.31. The van der Waals surface area contributed by atoms with Crippen LogP contribution in [0, 0.1) is 0 Å². The lowest BCUT2D eigenvalue weighted by Gasteiger charge is -2.25. The Morgan fingerprint density at radius 1 is 1.50 bits per heavy atom. The van der Waals surface area contributed by atoms with E-state index in [1.54, 1.807) is 13.2 Å². The smallest absolute Gasteiger partial charge is 0.298 e. The summed E-state index contributed by atoms with van der Waals surface area (Å²) in [5.41, 5.74) is 7.94. The van der Waals surface area contributed by atoms with Crippen molar-refractivity contribution in [3.63, 3.8) is 0 Å². The number of nitrogens with two attached hydrogens (primary N) is 1. The molecule has 0 radical (unpaired) electrons. The monoisotopic (exact) mass is 249 g/mol. The van der Waals surface area contributed by atoms with Gasteiger partial charge in [0.1, 0.15) is 5.52 Å². The van der Waals surface area contributed by atoms with Gasteiger partial charge in [0, 0.05) is 25.4 Å². The number of likely N-dealkylation sites (N-methyl/N-ethyl adjacent to an activating group) is 1. The molecule has 1 aromatic heterocycles. The predicted octanol–water partition coefficient (Wildman–Crippen LogP) is 2.27. The summed E-state index contributed by atoms with van der Waals surface area (Å²) in [4.78, 5) is 6.55. The minimum atomic E-state index is 0.213. The van der Waals surface area contributed by atoms with Gasteiger partial charge in [-0.05, 0) is 26.0 Å². The zero-order chi connectivity index (χ0) is 13.1. The summed E-state index contributed by atoms with van der Waals surface area (Å²) in [6.07, 6.45) is 0. The Balaban J connectivity index is 2.33. The van der Waals surface area contributed by atoms with Crippen molar-refractivity contribution < 1.29 is 9.15 Å². The van der Waals surface area contributed by atoms with Crippen LogP contribution >= 0.6 is 0 Å². The van der Waals surface area contributed by atoms with Crippen molar-refractivity contribution in [3.05, 3.63) is 18.2 Å². The molecule has 0 spiro atoms. The number of hydrogen-bond acceptors (Lipinski definition) is 5. The Morgan fingerprint density at radius 2 is 2.28 bits per heavy atom. The first-order chi connectivity index (χ1) is 8.65. The molecule has 2 N–H and O–H groups in total. The van der Waals surface area contributed by atoms with E-state index in [0.717, 1.165) is 12.1 Å². The largest absolute Gasteiger partial charge is 0.423 e. The van der Waals surface area contributed by atoms with Crippen molar-refractivity contribution in [3.8, 4) is 0 Å². The molecular weight excluding hydrogens is 230 g/mol. The number of methoxy groups -OCH3 is 1. The highest BCUT2D eigenvalue weighted by atomic mass is 16.5. The molecule has 1 aromatic carbocycles. The van der Waals surface area contributed by atoms with E-state index in [1.807, 2.05) is 12.1 Å². The third kappa shape index (κ3) is 2.41. The summed E-state index contributed by atoms with van der Waals surface area (Å²) < 4.78 is 10.9. The molecule has 0 saturated heterocycles. The van der Waals surface area contributed by atoms with Crippen molar-refractivity contribution in [2.24, 2.45) is 0 Å². The summed E-state index contributed by atoms with van der Waals surface area (Å²) in [5.74, 6) is 0. The Bertz CT molecular complexity index is 524. The molecule has 1 atom stereocenters. The van der Waals surface area contributed by atoms with Gasteiger partial charge in [0.2, 0.25) is 0 Å². The number of nitrogens with zero attached hydrogens (tertiary/aromatic N) is 2. The third-order valence-electron chi connectivity index (χ3n) is 2.93. The van der Waals surface area contributed by atoms with Crippen LogP contribution in [0.5, 0.6) is 0 Å². The molecule has 1 heterocycles. The molecule has 0 aliphatic rings. The molecule has 0 saturated carbocycles. The quantitative estimate of drug-likeness (QED) is 0.823. The van der Waals surface area contributed by atoms with Crippen molar-refractivity contribution in [1.29, 1.82) is 0 Å². The number of ether oxygens (including phenoxy) is 1. The van der Waals surface area contributed by atoms with Crippen molar-refractivity contribution in [2.45, 2.75) is 19.9 Å². The number of fused-ring (bicyclic) bond motifs is 1. The van der Waals surface area contributed by atoms with Crippen molar-refractivity contribution in [2.75, 3.05) is 30.9 Å². The lowest BCUT2D eigenvalue weighted by molar-refractivity contribution is 0.180. The number of rotatable bonds is 5. The topological polar surface area (TPSA) is 64.5 Å². The van der Waals surface area contributed by atoms with E-state index in [4.69, 9.17) is 14.9 Å². The maximum atomic E-state index is 5.75. The highest BCUT2D eigenvalue weighted by Crippen LogP contribution is 2.24. The van der Waals surface area contributed by atoms with Gasteiger partial charge in [-0.2, -0.15) is 4.98 Å². The molecule has 5 heteroatoms. The van der Waals surface area contributed by atoms with Gasteiger partial charge in [-0.15, -0.1) is 0 Å². The van der Waals surface area contributed by atoms with Gasteiger partial charge in [0.15, 0.2) is 5.58 Å². The van der Waals surface area contributed by atoms with Crippen LogP contribution in [0.15, 0.2) is 22.6 Å². The number of nitrogen functional groups attached to an aromatic ring is 1. The van der Waals surface area contributed by atoms with Gasteiger partial charge in [-0.1, -0.05) is 0 Å². The number of oxazole rings is 1. The van der Waals surface area contributed by atoms with Crippen LogP contribution in [0.4, 0.5) is 11.7 Å². The first kappa shape index (κ1) is 12.7. The maximum Gasteiger partial charge on any atom is 0.298 e. The van der Waals surface area contributed by atoms with Crippen molar-refractivity contribution in [1.82, 2.24) is 4.98 Å². The number of benzene rings is 1. The summed E-state index contributed by atoms with van der Waals surface area (Å²) in [7, 11) is 1.69. The Morgan fingerprint density at radius 3 is 2.94 bits per heavy atom. The molecule has 98 valence electrons. The Labute approximate surface area is 107 Å². The summed E-state index contributed by atoms with van der Waals surface area (Å²) in [5, 5.41) is 0. The zero-order valence-electron chi connectivity index (χ0n) is 11.0. The number of aromatic nitrogens is 1. The number of anilines is 2. The van der Waals surface area contributed by atoms with Crippen LogP contribution < -0.4 is 10.6 Å². The van der Waals surface area contributed by atoms with Gasteiger partial charge in [0.25, 0.3) is 6.01 Å². The second-order valence-corrected chi connectivity index (χ2v) is 4.31. The van der Waals surface area contributed by atoms with Crippen LogP contribution in [-0.2, 0) is 4.74 Å². The third-order valence-corrected chi connectivity index (χ3v) is 2.93. The molecular formula is C13H19N3O2. The fraction of sp³-hybridized carbons (Fsp3) is 0.462. The Kier molecular flexibility index (Phi) is 3.72. The number of hydrogen-bond donors (Lipinski definition) is 1. The highest BCUT2D eigenvalue weighted by Gasteiger charge is 2.18. The maximum absolute atomic E-state index is 5.75. The molecule has 5 nitrogen and oxygen atoms in total. The van der Waals surface area contributed by atoms with E-state index in [1.165, 1.54) is 0 Å². The Hall–Kier alpha value is -1.75. The molecule has 0 aliphatic carbocycles. The summed E-state index contributed by atoms with van der Waals surface area (Å²) in [6.45, 7) is 5.59. The second kappa shape index (κ2) is 5.27. The minimum Gasteiger partial charge on any atom is -0.423 e. The van der Waals surface area contributed by atoms with E-state index in [-0.39, 0.29) is 6.04 Å². The van der Waals surface area contributed by atoms with Gasteiger partial charge in [0.05, 0.1) is 12.6 Å². The molecule has 2 aromatic rings. The molecule has 18 heavy (non-hydrogen) atoms. The van der Waals surface area contributed by atoms with E-state index in [0.29, 0.717) is 23.9 Å². The normalized spacial score (nSPS) is 12.8. The lowest BCUT2D eigenvalue weighted by atomic mass is 10.3. The van der Waals surface area contributed by atoms with E-state index < -0.39 is 0 Å². The van der Waals surface area contributed by atoms with Crippen LogP contribution in [0.2, 0.25) is 0 Å². The summed E-state index contributed by atoms with van der Waals surface area (Å²) >= 11 is 0. The SMILES string of the molecule is CCN(c1nc2ccc(N)cc2o1)C(C)COC. The lowest BCUT2D eigenvalue weighted by Crippen LogP contribution is -2.36. The van der Waals surface area contributed by atoms with Gasteiger partial charge < -0.3 is 19.8 Å². The second-order valence-electron chi connectivity index (χ2n) is 4.31. The zero-order valence-corrected chi connectivity index (χ0v) is 11.0. The standard InChI is InChI=1S/C13H19N3O2/c1-4-16(9(2)8-17-3)13-15-11-6-5-10(14)7-12(11)18-13/h5-7,9H,4,8,14H2,1-3H3. The predicted molar refractivity (Wildman–Crippen MR) is 72.8 cm³/mol. The van der Waals surface area contributed by atoms with Crippen LogP contribution in [-0.4, -0.2) is 31.3 Å². The molecule has 0 aliphatic heterocycles. The fourth-order valence-electron chi connectivity index (χ4n) is 2.02. The van der Waals surface area contributed by atoms with Crippen LogP contribution in [0.25, 0.3) is 11.1 Å². The van der Waals surface area contributed by atoms with Crippen LogP contribution in [0.1, 0.15) is 13.8 Å². The molecule has 1 unspecified atom stereocenters. The average molecular weight is 249 g/mol. The molecule has 2 rings (SSSR count). The van der Waals surface area contributed by atoms with Gasteiger partial charge in [-0.25, -0.2) is 0 Å². The molecule has 0 amide bonds. The fourth-order valence-corrected chi connectivity index (χ4v) is 2.02. The molecule has 0 bridgehead atoms. The molecule has 0 fully saturated rings. The van der Waals surface area contributed by atoms with E-state index in [9.17, 15) is 0 Å². The minimum absolute atomic E-state index is 0.213. The highest BCUT2D eigenvalue weighted by molar-refractivity contribution is 5.78. The van der Waals surface area contributed by atoms with Gasteiger partial charge in [-0.3, -0.25) is 0 Å². The van der Waals surface area contributed by atoms with Gasteiger partial charge >= 0.3 is 0 Å². The van der Waals surface area contributed by atoms with E-state index >= 15 is 0 Å². The van der Waals surface area contributed by atoms with Crippen molar-refractivity contribution >= 4 is 22.8 Å². The first-order valence-electron chi connectivity index (χ1n) is 6.07. The average Bonchev–Trinajstić information content (AvgIpc) is 2.72.